The first kappa shape index (κ1) is 19.4. The van der Waals surface area contributed by atoms with E-state index in [4.69, 9.17) is 18.9 Å². The summed E-state index contributed by atoms with van der Waals surface area (Å²) in [6.07, 6.45) is 0.940. The predicted molar refractivity (Wildman–Crippen MR) is 97.8 cm³/mol. The first-order valence-corrected chi connectivity index (χ1v) is 9.58. The van der Waals surface area contributed by atoms with Crippen molar-refractivity contribution in [1.29, 1.82) is 0 Å². The maximum absolute atomic E-state index is 12.7. The van der Waals surface area contributed by atoms with E-state index < -0.39 is 47.9 Å². The summed E-state index contributed by atoms with van der Waals surface area (Å²) in [7, 11) is 1.49. The highest BCUT2D eigenvalue weighted by Gasteiger charge is 2.62. The lowest BCUT2D eigenvalue weighted by Crippen LogP contribution is -2.58. The van der Waals surface area contributed by atoms with Gasteiger partial charge in [0.05, 0.1) is 24.2 Å². The highest BCUT2D eigenvalue weighted by molar-refractivity contribution is 5.92. The number of carbonyl (C=O) groups excluding carboxylic acids is 2. The van der Waals surface area contributed by atoms with Gasteiger partial charge in [-0.05, 0) is 25.3 Å². The summed E-state index contributed by atoms with van der Waals surface area (Å²) in [4.78, 5) is 25.0. The summed E-state index contributed by atoms with van der Waals surface area (Å²) in [5, 5.41) is 10.8. The van der Waals surface area contributed by atoms with Crippen LogP contribution in [0.1, 0.15) is 26.2 Å². The molecule has 7 heteroatoms. The Morgan fingerprint density at radius 2 is 2.14 bits per heavy atom. The van der Waals surface area contributed by atoms with Gasteiger partial charge in [0.15, 0.2) is 6.29 Å². The zero-order valence-corrected chi connectivity index (χ0v) is 16.2. The third-order valence-electron chi connectivity index (χ3n) is 6.78. The molecule has 2 aliphatic heterocycles. The second-order valence-electron chi connectivity index (χ2n) is 8.37. The highest BCUT2D eigenvalue weighted by atomic mass is 16.7. The Labute approximate surface area is 164 Å². The lowest BCUT2D eigenvalue weighted by molar-refractivity contribution is -0.175. The van der Waals surface area contributed by atoms with Crippen LogP contribution in [0.5, 0.6) is 0 Å². The van der Waals surface area contributed by atoms with E-state index in [0.717, 1.165) is 5.57 Å². The van der Waals surface area contributed by atoms with E-state index >= 15 is 0 Å². The molecule has 0 unspecified atom stereocenters. The van der Waals surface area contributed by atoms with Crippen molar-refractivity contribution >= 4 is 11.9 Å². The molecule has 0 aromatic carbocycles. The van der Waals surface area contributed by atoms with Gasteiger partial charge >= 0.3 is 11.9 Å². The molecule has 7 nitrogen and oxygen atoms in total. The molecular formula is C21H26O7. The van der Waals surface area contributed by atoms with Crippen molar-refractivity contribution in [3.8, 4) is 0 Å². The van der Waals surface area contributed by atoms with Crippen molar-refractivity contribution in [3.05, 3.63) is 36.0 Å². The zero-order valence-electron chi connectivity index (χ0n) is 16.2. The molecule has 2 heterocycles. The van der Waals surface area contributed by atoms with Crippen LogP contribution in [0.4, 0.5) is 0 Å². The van der Waals surface area contributed by atoms with Crippen LogP contribution in [0.15, 0.2) is 36.0 Å². The topological polar surface area (TPSA) is 91.3 Å². The van der Waals surface area contributed by atoms with Crippen molar-refractivity contribution in [1.82, 2.24) is 0 Å². The van der Waals surface area contributed by atoms with Gasteiger partial charge in [0, 0.05) is 24.0 Å². The van der Waals surface area contributed by atoms with Crippen molar-refractivity contribution in [2.45, 2.75) is 50.8 Å². The molecule has 0 spiro atoms. The van der Waals surface area contributed by atoms with Gasteiger partial charge in [0.25, 0.3) is 0 Å². The monoisotopic (exact) mass is 390 g/mol. The molecule has 0 amide bonds. The van der Waals surface area contributed by atoms with Crippen molar-refractivity contribution < 1.29 is 33.6 Å². The fourth-order valence-electron chi connectivity index (χ4n) is 5.25. The third-order valence-corrected chi connectivity index (χ3v) is 6.78. The molecule has 7 atom stereocenters. The second kappa shape index (κ2) is 6.83. The summed E-state index contributed by atoms with van der Waals surface area (Å²) in [5.41, 5.74) is 1.05. The number of fused-ring (bicyclic) bond motifs is 3. The summed E-state index contributed by atoms with van der Waals surface area (Å²) in [5.74, 6) is -1.62. The molecule has 1 saturated heterocycles. The highest BCUT2D eigenvalue weighted by Crippen LogP contribution is 2.58. The standard InChI is InChI=1S/C21H26O7/c1-10-5-6-14(22)21(3)8-13(16-11(2)19(23)28-18(16)17(10)21)27-20(24)12-7-15(25-4)26-9-12/h7,13-18,22H,1-2,5-6,8-9H2,3-4H3/t13-,14-,15-,16-,17-,18+,21+/m1/s1. The molecule has 0 bridgehead atoms. The van der Waals surface area contributed by atoms with Crippen LogP contribution in [-0.2, 0) is 28.5 Å². The van der Waals surface area contributed by atoms with Crippen LogP contribution in [0.3, 0.4) is 0 Å². The minimum Gasteiger partial charge on any atom is -0.458 e. The maximum atomic E-state index is 12.7. The molecular weight excluding hydrogens is 364 g/mol. The fourth-order valence-corrected chi connectivity index (χ4v) is 5.25. The molecule has 2 aliphatic carbocycles. The third kappa shape index (κ3) is 2.84. The van der Waals surface area contributed by atoms with Gasteiger partial charge in [0.1, 0.15) is 12.2 Å². The molecule has 3 fully saturated rings. The first-order chi connectivity index (χ1) is 13.3. The molecule has 4 aliphatic rings. The van der Waals surface area contributed by atoms with Crippen molar-refractivity contribution in [2.75, 3.05) is 13.7 Å². The van der Waals surface area contributed by atoms with Gasteiger partial charge in [-0.1, -0.05) is 25.7 Å². The van der Waals surface area contributed by atoms with Crippen LogP contribution >= 0.6 is 0 Å². The molecule has 4 rings (SSSR count). The number of methoxy groups -OCH3 is 1. The summed E-state index contributed by atoms with van der Waals surface area (Å²) < 4.78 is 21.9. The summed E-state index contributed by atoms with van der Waals surface area (Å²) >= 11 is 0. The molecule has 28 heavy (non-hydrogen) atoms. The van der Waals surface area contributed by atoms with E-state index in [1.165, 1.54) is 7.11 Å². The van der Waals surface area contributed by atoms with Crippen molar-refractivity contribution in [3.63, 3.8) is 0 Å². The van der Waals surface area contributed by atoms with Gasteiger partial charge in [-0.3, -0.25) is 0 Å². The first-order valence-electron chi connectivity index (χ1n) is 9.58. The summed E-state index contributed by atoms with van der Waals surface area (Å²) in [6, 6.07) is 0. The van der Waals surface area contributed by atoms with Crippen LogP contribution < -0.4 is 0 Å². The molecule has 0 aromatic rings. The van der Waals surface area contributed by atoms with E-state index in [-0.39, 0.29) is 12.5 Å². The number of ether oxygens (including phenoxy) is 4. The fraction of sp³-hybridized carbons (Fsp3) is 0.619. The van der Waals surface area contributed by atoms with E-state index in [1.807, 2.05) is 6.92 Å². The minimum atomic E-state index is -0.624. The maximum Gasteiger partial charge on any atom is 0.336 e. The van der Waals surface area contributed by atoms with Gasteiger partial charge in [-0.25, -0.2) is 9.59 Å². The number of esters is 2. The molecule has 0 aromatic heterocycles. The lowest BCUT2D eigenvalue weighted by Gasteiger charge is -2.54. The smallest absolute Gasteiger partial charge is 0.336 e. The van der Waals surface area contributed by atoms with E-state index in [2.05, 4.69) is 13.2 Å². The zero-order chi connectivity index (χ0) is 20.2. The molecule has 0 radical (unpaired) electrons. The predicted octanol–water partition coefficient (Wildman–Crippen LogP) is 1.66. The summed E-state index contributed by atoms with van der Waals surface area (Å²) in [6.45, 7) is 10.1. The Balaban J connectivity index is 1.63. The molecule has 152 valence electrons. The number of carbonyl (C=O) groups is 2. The molecule has 2 saturated carbocycles. The van der Waals surface area contributed by atoms with E-state index in [1.54, 1.807) is 6.08 Å². The van der Waals surface area contributed by atoms with Crippen molar-refractivity contribution in [2.24, 2.45) is 17.3 Å². The van der Waals surface area contributed by atoms with Gasteiger partial charge in [-0.15, -0.1) is 0 Å². The number of aliphatic hydroxyl groups excluding tert-OH is 1. The van der Waals surface area contributed by atoms with Crippen LogP contribution in [0, 0.1) is 17.3 Å². The minimum absolute atomic E-state index is 0.105. The SMILES string of the molecule is C=C1C(=O)O[C@H]2[C@H]1[C@H](OC(=O)C1=C[C@H](OC)OC1)C[C@@]1(C)[C@H](O)CCC(=C)[C@H]21. The van der Waals surface area contributed by atoms with Gasteiger partial charge in [0.2, 0.25) is 0 Å². The van der Waals surface area contributed by atoms with E-state index in [0.29, 0.717) is 30.4 Å². The van der Waals surface area contributed by atoms with Crippen LogP contribution in [0.25, 0.3) is 0 Å². The number of hydrogen-bond acceptors (Lipinski definition) is 7. The Kier molecular flexibility index (Phi) is 4.72. The number of rotatable bonds is 3. The van der Waals surface area contributed by atoms with Gasteiger partial charge < -0.3 is 24.1 Å². The Morgan fingerprint density at radius 1 is 1.39 bits per heavy atom. The quantitative estimate of drug-likeness (QED) is 0.445. The Hall–Kier alpha value is -1.96. The normalized spacial score (nSPS) is 42.5. The second-order valence-corrected chi connectivity index (χ2v) is 8.37. The van der Waals surface area contributed by atoms with Crippen LogP contribution in [0.2, 0.25) is 0 Å². The van der Waals surface area contributed by atoms with E-state index in [9.17, 15) is 14.7 Å². The lowest BCUT2D eigenvalue weighted by atomic mass is 9.53. The number of aliphatic hydroxyl groups is 1. The average molecular weight is 390 g/mol. The Morgan fingerprint density at radius 3 is 2.82 bits per heavy atom. The number of hydrogen-bond donors (Lipinski definition) is 1. The van der Waals surface area contributed by atoms with Gasteiger partial charge in [-0.2, -0.15) is 0 Å². The molecule has 1 N–H and O–H groups in total. The average Bonchev–Trinajstić information content (AvgIpc) is 3.24. The largest absolute Gasteiger partial charge is 0.458 e. The van der Waals surface area contributed by atoms with Crippen LogP contribution in [-0.4, -0.2) is 55.4 Å². The Bertz CT molecular complexity index is 769.